The van der Waals surface area contributed by atoms with Crippen LogP contribution < -0.4 is 5.32 Å². The van der Waals surface area contributed by atoms with E-state index in [1.165, 1.54) is 0 Å². The summed E-state index contributed by atoms with van der Waals surface area (Å²) in [4.78, 5) is 4.66. The van der Waals surface area contributed by atoms with Crippen LogP contribution in [-0.4, -0.2) is 49.4 Å². The normalized spacial score (nSPS) is 40.5. The van der Waals surface area contributed by atoms with E-state index in [-0.39, 0.29) is 5.60 Å². The predicted octanol–water partition coefficient (Wildman–Crippen LogP) is 1.51. The van der Waals surface area contributed by atoms with Crippen LogP contribution in [0.5, 0.6) is 0 Å². The van der Waals surface area contributed by atoms with Gasteiger partial charge < -0.3 is 14.8 Å². The topological polar surface area (TPSA) is 42.8 Å². The van der Waals surface area contributed by atoms with Crippen LogP contribution in [0.3, 0.4) is 0 Å². The summed E-state index contributed by atoms with van der Waals surface area (Å²) in [7, 11) is 1.75. The lowest BCUT2D eigenvalue weighted by Crippen LogP contribution is -2.43. The van der Waals surface area contributed by atoms with Crippen LogP contribution in [0.25, 0.3) is 0 Å². The minimum atomic E-state index is -0.193. The smallest absolute Gasteiger partial charge is 0.156 e. The first-order valence-electron chi connectivity index (χ1n) is 6.22. The Bertz CT molecular complexity index is 290. The van der Waals surface area contributed by atoms with E-state index in [4.69, 9.17) is 9.47 Å². The number of nitrogens with zero attached hydrogens (tertiary/aromatic N) is 1. The first-order valence-corrected chi connectivity index (χ1v) is 7.20. The molecule has 2 rings (SSSR count). The molecule has 3 atom stereocenters. The Labute approximate surface area is 108 Å². The molecular weight excluding hydrogens is 236 g/mol. The number of thioether (sulfide) groups is 1. The van der Waals surface area contributed by atoms with Gasteiger partial charge in [0.15, 0.2) is 5.17 Å². The summed E-state index contributed by atoms with van der Waals surface area (Å²) < 4.78 is 11.0. The van der Waals surface area contributed by atoms with Crippen molar-refractivity contribution < 1.29 is 9.47 Å². The van der Waals surface area contributed by atoms with E-state index in [9.17, 15) is 0 Å². The van der Waals surface area contributed by atoms with Gasteiger partial charge in [0.1, 0.15) is 5.60 Å². The average Bonchev–Trinajstić information content (AvgIpc) is 2.80. The van der Waals surface area contributed by atoms with Crippen molar-refractivity contribution in [2.45, 2.75) is 31.9 Å². The Hall–Kier alpha value is -0.260. The first-order chi connectivity index (χ1) is 8.15. The lowest BCUT2D eigenvalue weighted by atomic mass is 10.0. The second-order valence-corrected chi connectivity index (χ2v) is 6.04. The van der Waals surface area contributed by atoms with Gasteiger partial charge in [-0.25, -0.2) is 0 Å². The van der Waals surface area contributed by atoms with Gasteiger partial charge in [0.05, 0.1) is 13.2 Å². The predicted molar refractivity (Wildman–Crippen MR) is 71.7 cm³/mol. The number of aliphatic imine (C=N–C) groups is 1. The molecule has 0 spiro atoms. The van der Waals surface area contributed by atoms with E-state index in [2.05, 4.69) is 24.2 Å². The number of amidine groups is 1. The Morgan fingerprint density at radius 3 is 3.00 bits per heavy atom. The van der Waals surface area contributed by atoms with Gasteiger partial charge in [-0.3, -0.25) is 4.99 Å². The SMILES string of the molecule is COC1(CN=C2NC(C)C(C)CS2)CCOC1. The molecule has 5 heteroatoms. The number of methoxy groups -OCH3 is 1. The van der Waals surface area contributed by atoms with Gasteiger partial charge in [-0.2, -0.15) is 0 Å². The van der Waals surface area contributed by atoms with Gasteiger partial charge in [0, 0.05) is 31.9 Å². The van der Waals surface area contributed by atoms with Crippen molar-refractivity contribution in [3.05, 3.63) is 0 Å². The van der Waals surface area contributed by atoms with E-state index in [1.807, 2.05) is 11.8 Å². The summed E-state index contributed by atoms with van der Waals surface area (Å²) in [6, 6.07) is 0.508. The van der Waals surface area contributed by atoms with E-state index in [0.29, 0.717) is 25.1 Å². The van der Waals surface area contributed by atoms with Gasteiger partial charge in [-0.05, 0) is 12.8 Å². The average molecular weight is 258 g/mol. The zero-order valence-corrected chi connectivity index (χ0v) is 11.7. The quantitative estimate of drug-likeness (QED) is 0.833. The van der Waals surface area contributed by atoms with Crippen molar-refractivity contribution in [3.63, 3.8) is 0 Å². The summed E-state index contributed by atoms with van der Waals surface area (Å²) in [5.41, 5.74) is -0.193. The highest BCUT2D eigenvalue weighted by Gasteiger charge is 2.35. The maximum Gasteiger partial charge on any atom is 0.156 e. The number of nitrogens with one attached hydrogen (secondary N) is 1. The zero-order chi connectivity index (χ0) is 12.3. The van der Waals surface area contributed by atoms with Gasteiger partial charge in [-0.1, -0.05) is 18.7 Å². The van der Waals surface area contributed by atoms with E-state index in [1.54, 1.807) is 7.11 Å². The largest absolute Gasteiger partial charge is 0.378 e. The van der Waals surface area contributed by atoms with E-state index < -0.39 is 0 Å². The summed E-state index contributed by atoms with van der Waals surface area (Å²) in [5.74, 6) is 1.84. The molecule has 0 amide bonds. The van der Waals surface area contributed by atoms with E-state index in [0.717, 1.165) is 23.9 Å². The molecule has 2 aliphatic rings. The highest BCUT2D eigenvalue weighted by Crippen LogP contribution is 2.24. The van der Waals surface area contributed by atoms with E-state index >= 15 is 0 Å². The number of ether oxygens (including phenoxy) is 2. The molecule has 17 heavy (non-hydrogen) atoms. The van der Waals surface area contributed by atoms with Crippen LogP contribution in [0.15, 0.2) is 4.99 Å². The van der Waals surface area contributed by atoms with Gasteiger partial charge in [-0.15, -0.1) is 0 Å². The molecule has 2 aliphatic heterocycles. The monoisotopic (exact) mass is 258 g/mol. The van der Waals surface area contributed by atoms with Crippen molar-refractivity contribution in [2.24, 2.45) is 10.9 Å². The second-order valence-electron chi connectivity index (χ2n) is 5.03. The number of hydrogen-bond donors (Lipinski definition) is 1. The molecule has 4 nitrogen and oxygen atoms in total. The lowest BCUT2D eigenvalue weighted by Gasteiger charge is -2.29. The van der Waals surface area contributed by atoms with Crippen LogP contribution >= 0.6 is 11.8 Å². The summed E-state index contributed by atoms with van der Waals surface area (Å²) in [6.45, 7) is 6.62. The maximum absolute atomic E-state index is 5.57. The highest BCUT2D eigenvalue weighted by molar-refractivity contribution is 8.13. The fourth-order valence-electron chi connectivity index (χ4n) is 1.98. The third kappa shape index (κ3) is 3.14. The molecule has 2 heterocycles. The zero-order valence-electron chi connectivity index (χ0n) is 10.9. The Balaban J connectivity index is 1.91. The van der Waals surface area contributed by atoms with Gasteiger partial charge in [0.25, 0.3) is 0 Å². The Kier molecular flexibility index (Phi) is 4.33. The third-order valence-electron chi connectivity index (χ3n) is 3.70. The van der Waals surface area contributed by atoms with Crippen LogP contribution in [0.2, 0.25) is 0 Å². The highest BCUT2D eigenvalue weighted by atomic mass is 32.2. The van der Waals surface area contributed by atoms with Gasteiger partial charge in [0.2, 0.25) is 0 Å². The van der Waals surface area contributed by atoms with Crippen molar-refractivity contribution in [1.29, 1.82) is 0 Å². The van der Waals surface area contributed by atoms with Crippen molar-refractivity contribution in [1.82, 2.24) is 5.32 Å². The Morgan fingerprint density at radius 2 is 2.41 bits per heavy atom. The van der Waals surface area contributed by atoms with Crippen molar-refractivity contribution >= 4 is 16.9 Å². The van der Waals surface area contributed by atoms with Gasteiger partial charge >= 0.3 is 0 Å². The van der Waals surface area contributed by atoms with Crippen LogP contribution in [0, 0.1) is 5.92 Å². The Morgan fingerprint density at radius 1 is 1.59 bits per heavy atom. The number of hydrogen-bond acceptors (Lipinski definition) is 4. The molecule has 0 saturated carbocycles. The lowest BCUT2D eigenvalue weighted by molar-refractivity contribution is -0.00899. The standard InChI is InChI=1S/C12H22N2O2S/c1-9-6-17-11(14-10(9)2)13-7-12(15-3)4-5-16-8-12/h9-10H,4-8H2,1-3H3,(H,13,14). The molecule has 2 fully saturated rings. The molecule has 0 aromatic rings. The number of rotatable bonds is 3. The van der Waals surface area contributed by atoms with Crippen molar-refractivity contribution in [3.8, 4) is 0 Å². The maximum atomic E-state index is 5.57. The fraction of sp³-hybridized carbons (Fsp3) is 0.917. The molecule has 2 saturated heterocycles. The molecule has 98 valence electrons. The third-order valence-corrected chi connectivity index (χ3v) is 4.91. The first kappa shape index (κ1) is 13.2. The fourth-order valence-corrected chi connectivity index (χ4v) is 3.11. The summed E-state index contributed by atoms with van der Waals surface area (Å²) >= 11 is 1.81. The molecule has 0 aromatic carbocycles. The van der Waals surface area contributed by atoms with Crippen LogP contribution in [0.1, 0.15) is 20.3 Å². The summed E-state index contributed by atoms with van der Waals surface area (Å²) in [5, 5.41) is 4.50. The van der Waals surface area contributed by atoms with Crippen molar-refractivity contribution in [2.75, 3.05) is 32.6 Å². The van der Waals surface area contributed by atoms with Crippen LogP contribution in [0.4, 0.5) is 0 Å². The molecule has 1 N–H and O–H groups in total. The molecule has 0 aliphatic carbocycles. The molecule has 0 aromatic heterocycles. The molecular formula is C12H22N2O2S. The minimum absolute atomic E-state index is 0.193. The van der Waals surface area contributed by atoms with Crippen LogP contribution in [-0.2, 0) is 9.47 Å². The molecule has 3 unspecified atom stereocenters. The minimum Gasteiger partial charge on any atom is -0.378 e. The molecule has 0 radical (unpaired) electrons. The molecule has 0 bridgehead atoms. The second kappa shape index (κ2) is 5.59. The summed E-state index contributed by atoms with van der Waals surface area (Å²) in [6.07, 6.45) is 0.941.